The first-order valence-corrected chi connectivity index (χ1v) is 9.21. The van der Waals surface area contributed by atoms with Gasteiger partial charge in [-0.1, -0.05) is 11.6 Å². The monoisotopic (exact) mass is 356 g/mol. The number of primary sulfonamides is 1. The summed E-state index contributed by atoms with van der Waals surface area (Å²) in [5.41, 5.74) is -0.502. The van der Waals surface area contributed by atoms with Gasteiger partial charge in [0.05, 0.1) is 10.6 Å². The maximum absolute atomic E-state index is 13.7. The predicted octanol–water partition coefficient (Wildman–Crippen LogP) is 0.623. The molecule has 2 atom stereocenters. The average Bonchev–Trinajstić information content (AvgIpc) is 2.33. The van der Waals surface area contributed by atoms with Crippen LogP contribution >= 0.6 is 11.6 Å². The Morgan fingerprint density at radius 2 is 2.10 bits per heavy atom. The molecule has 6 nitrogen and oxygen atoms in total. The third-order valence-corrected chi connectivity index (χ3v) is 5.36. The molecule has 0 saturated heterocycles. The van der Waals surface area contributed by atoms with Crippen LogP contribution < -0.4 is 10.5 Å². The number of sulfonamides is 1. The molecular formula is C11H14ClFN2O4S2. The van der Waals surface area contributed by atoms with Gasteiger partial charge in [-0.05, 0) is 19.1 Å². The van der Waals surface area contributed by atoms with Gasteiger partial charge in [-0.25, -0.2) is 17.9 Å². The van der Waals surface area contributed by atoms with Crippen molar-refractivity contribution in [1.29, 1.82) is 0 Å². The van der Waals surface area contributed by atoms with Crippen molar-refractivity contribution in [2.24, 2.45) is 5.14 Å². The van der Waals surface area contributed by atoms with Crippen LogP contribution in [0.3, 0.4) is 0 Å². The molecule has 118 valence electrons. The maximum Gasteiger partial charge on any atom is 0.254 e. The maximum atomic E-state index is 13.7. The minimum atomic E-state index is -4.18. The van der Waals surface area contributed by atoms with E-state index in [9.17, 15) is 21.8 Å². The third kappa shape index (κ3) is 4.73. The lowest BCUT2D eigenvalue weighted by Gasteiger charge is -2.11. The molecule has 21 heavy (non-hydrogen) atoms. The van der Waals surface area contributed by atoms with Crippen molar-refractivity contribution in [3.63, 3.8) is 0 Å². The molecule has 0 bridgehead atoms. The van der Waals surface area contributed by atoms with E-state index >= 15 is 0 Å². The van der Waals surface area contributed by atoms with Crippen LogP contribution in [-0.2, 0) is 20.8 Å². The zero-order valence-corrected chi connectivity index (χ0v) is 13.6. The molecule has 10 heteroatoms. The number of nitrogens with two attached hydrogens (primary N) is 1. The first-order valence-electron chi connectivity index (χ1n) is 5.66. The molecule has 0 aliphatic carbocycles. The van der Waals surface area contributed by atoms with Crippen molar-refractivity contribution in [3.8, 4) is 0 Å². The Bertz CT molecular complexity index is 694. The highest BCUT2D eigenvalue weighted by atomic mass is 35.5. The summed E-state index contributed by atoms with van der Waals surface area (Å²) >= 11 is 5.59. The van der Waals surface area contributed by atoms with Crippen molar-refractivity contribution in [2.75, 3.05) is 12.8 Å². The zero-order valence-electron chi connectivity index (χ0n) is 11.2. The number of carbonyl (C=O) groups is 1. The van der Waals surface area contributed by atoms with Gasteiger partial charge in [-0.15, -0.1) is 0 Å². The molecule has 1 aromatic carbocycles. The topological polar surface area (TPSA) is 106 Å². The van der Waals surface area contributed by atoms with Gasteiger partial charge in [0, 0.05) is 28.9 Å². The number of hydrogen-bond donors (Lipinski definition) is 2. The summed E-state index contributed by atoms with van der Waals surface area (Å²) in [6.45, 7) is 1.69. The van der Waals surface area contributed by atoms with Crippen molar-refractivity contribution in [3.05, 3.63) is 28.5 Å². The van der Waals surface area contributed by atoms with Gasteiger partial charge in [0.2, 0.25) is 10.0 Å². The normalized spacial score (nSPS) is 14.5. The van der Waals surface area contributed by atoms with Gasteiger partial charge in [0.15, 0.2) is 0 Å². The Kier molecular flexibility index (Phi) is 5.85. The Labute approximate surface area is 129 Å². The number of nitrogens with one attached hydrogen (secondary N) is 1. The lowest BCUT2D eigenvalue weighted by Crippen LogP contribution is -2.33. The second-order valence-corrected chi connectivity index (χ2v) is 8.07. The number of carbonyl (C=O) groups excluding carboxylic acids is 1. The van der Waals surface area contributed by atoms with Crippen LogP contribution in [0.15, 0.2) is 17.0 Å². The molecule has 0 fully saturated rings. The van der Waals surface area contributed by atoms with Crippen molar-refractivity contribution < 1.29 is 21.8 Å². The van der Waals surface area contributed by atoms with Gasteiger partial charge in [0.25, 0.3) is 5.91 Å². The van der Waals surface area contributed by atoms with E-state index in [4.69, 9.17) is 16.7 Å². The Morgan fingerprint density at radius 1 is 1.52 bits per heavy atom. The fraction of sp³-hybridized carbons (Fsp3) is 0.364. The van der Waals surface area contributed by atoms with Gasteiger partial charge < -0.3 is 5.32 Å². The summed E-state index contributed by atoms with van der Waals surface area (Å²) in [5.74, 6) is -1.82. The van der Waals surface area contributed by atoms with Gasteiger partial charge >= 0.3 is 0 Å². The lowest BCUT2D eigenvalue weighted by atomic mass is 10.2. The third-order valence-electron chi connectivity index (χ3n) is 2.69. The van der Waals surface area contributed by atoms with E-state index < -0.39 is 48.0 Å². The fourth-order valence-corrected chi connectivity index (χ4v) is 2.77. The van der Waals surface area contributed by atoms with Crippen molar-refractivity contribution in [2.45, 2.75) is 17.1 Å². The standard InChI is InChI=1S/C11H14ClFN2O4S2/c1-6(20(2)17)5-15-11(16)7-3-10(21(14,18)19)8(12)4-9(7)13/h3-4,6H,5H2,1-2H3,(H,15,16)(H2,14,18,19). The molecule has 1 aromatic rings. The molecule has 0 heterocycles. The molecule has 0 saturated carbocycles. The number of amides is 1. The summed E-state index contributed by atoms with van der Waals surface area (Å²) in [4.78, 5) is 11.3. The van der Waals surface area contributed by atoms with E-state index in [1.807, 2.05) is 0 Å². The number of hydrogen-bond acceptors (Lipinski definition) is 4. The van der Waals surface area contributed by atoms with Crippen LogP contribution in [0.25, 0.3) is 0 Å². The molecule has 0 radical (unpaired) electrons. The molecule has 0 aromatic heterocycles. The highest BCUT2D eigenvalue weighted by molar-refractivity contribution is 7.89. The molecule has 1 rings (SSSR count). The predicted molar refractivity (Wildman–Crippen MR) is 78.6 cm³/mol. The summed E-state index contributed by atoms with van der Waals surface area (Å²) < 4.78 is 47.5. The molecule has 1 amide bonds. The lowest BCUT2D eigenvalue weighted by molar-refractivity contribution is 0.0950. The Morgan fingerprint density at radius 3 is 2.57 bits per heavy atom. The summed E-state index contributed by atoms with van der Waals surface area (Å²) in [5, 5.41) is 6.56. The molecule has 0 aliphatic heterocycles. The summed E-state index contributed by atoms with van der Waals surface area (Å²) in [6.07, 6.45) is 1.47. The molecule has 2 unspecified atom stereocenters. The smallest absolute Gasteiger partial charge is 0.254 e. The first-order chi connectivity index (χ1) is 9.54. The van der Waals surface area contributed by atoms with Crippen molar-refractivity contribution in [1.82, 2.24) is 5.32 Å². The van der Waals surface area contributed by atoms with Crippen LogP contribution in [0, 0.1) is 5.82 Å². The molecular weight excluding hydrogens is 343 g/mol. The van der Waals surface area contributed by atoms with Gasteiger partial charge in [0.1, 0.15) is 10.7 Å². The molecule has 3 N–H and O–H groups in total. The highest BCUT2D eigenvalue weighted by Crippen LogP contribution is 2.24. The van der Waals surface area contributed by atoms with E-state index in [0.717, 1.165) is 6.07 Å². The van der Waals surface area contributed by atoms with Crippen molar-refractivity contribution >= 4 is 38.3 Å². The largest absolute Gasteiger partial charge is 0.351 e. The molecule has 0 aliphatic rings. The Balaban J connectivity index is 3.08. The van der Waals surface area contributed by atoms with Crippen LogP contribution in [0.4, 0.5) is 4.39 Å². The number of halogens is 2. The minimum Gasteiger partial charge on any atom is -0.351 e. The number of rotatable bonds is 5. The van der Waals surface area contributed by atoms with Crippen LogP contribution in [0.1, 0.15) is 17.3 Å². The van der Waals surface area contributed by atoms with E-state index in [-0.39, 0.29) is 11.8 Å². The average molecular weight is 357 g/mol. The second kappa shape index (κ2) is 6.82. The van der Waals surface area contributed by atoms with Crippen LogP contribution in [-0.4, -0.2) is 36.6 Å². The van der Waals surface area contributed by atoms with E-state index in [0.29, 0.717) is 6.07 Å². The van der Waals surface area contributed by atoms with E-state index in [2.05, 4.69) is 5.32 Å². The fourth-order valence-electron chi connectivity index (χ4n) is 1.37. The second-order valence-electron chi connectivity index (χ2n) is 4.33. The van der Waals surface area contributed by atoms with Gasteiger partial charge in [-0.3, -0.25) is 9.00 Å². The highest BCUT2D eigenvalue weighted by Gasteiger charge is 2.21. The number of benzene rings is 1. The Hall–Kier alpha value is -1.03. The summed E-state index contributed by atoms with van der Waals surface area (Å²) in [6, 6.07) is 1.48. The summed E-state index contributed by atoms with van der Waals surface area (Å²) in [7, 11) is -5.33. The quantitative estimate of drug-likeness (QED) is 0.806. The van der Waals surface area contributed by atoms with Crippen LogP contribution in [0.2, 0.25) is 5.02 Å². The van der Waals surface area contributed by atoms with Gasteiger partial charge in [-0.2, -0.15) is 0 Å². The first kappa shape index (κ1) is 18.0. The zero-order chi connectivity index (χ0) is 16.4. The molecule has 0 spiro atoms. The minimum absolute atomic E-state index is 0.0503. The van der Waals surface area contributed by atoms with Crippen LogP contribution in [0.5, 0.6) is 0 Å². The SMILES string of the molecule is CC(CNC(=O)c1cc(S(N)(=O)=O)c(Cl)cc1F)S(C)=O. The van der Waals surface area contributed by atoms with E-state index in [1.165, 1.54) is 6.26 Å². The van der Waals surface area contributed by atoms with E-state index in [1.54, 1.807) is 6.92 Å².